The molecule has 0 radical (unpaired) electrons. The maximum absolute atomic E-state index is 17.5. The Hall–Kier alpha value is -4.54. The van der Waals surface area contributed by atoms with Gasteiger partial charge in [-0.25, -0.2) is 18.2 Å². The summed E-state index contributed by atoms with van der Waals surface area (Å²) in [6.45, 7) is 8.61. The molecule has 2 aliphatic carbocycles. The van der Waals surface area contributed by atoms with E-state index in [0.717, 1.165) is 11.8 Å². The van der Waals surface area contributed by atoms with Crippen molar-refractivity contribution in [2.24, 2.45) is 17.8 Å². The molecule has 4 aliphatic rings. The summed E-state index contributed by atoms with van der Waals surface area (Å²) in [5.41, 5.74) is -4.54. The molecule has 2 aromatic rings. The van der Waals surface area contributed by atoms with Gasteiger partial charge in [-0.05, 0) is 108 Å². The number of sulfonamides is 1. The van der Waals surface area contributed by atoms with Crippen molar-refractivity contribution in [1.82, 2.24) is 24.8 Å². The van der Waals surface area contributed by atoms with Crippen molar-refractivity contribution < 1.29 is 51.0 Å². The smallest absolute Gasteiger partial charge is 0.408 e. The second-order valence-electron chi connectivity index (χ2n) is 16.9. The van der Waals surface area contributed by atoms with E-state index in [1.807, 2.05) is 13.0 Å². The zero-order valence-electron chi connectivity index (χ0n) is 33.4. The Kier molecular flexibility index (Phi) is 11.1. The van der Waals surface area contributed by atoms with Crippen molar-refractivity contribution in [3.63, 3.8) is 0 Å². The number of fused-ring (bicyclic) bond motifs is 3. The molecule has 3 N–H and O–H groups in total. The Bertz CT molecular complexity index is 2080. The van der Waals surface area contributed by atoms with Gasteiger partial charge in [0, 0.05) is 23.5 Å². The molecule has 3 fully saturated rings. The number of carbonyl (C=O) groups is 4. The number of carbonyl (C=O) groups excluding carboxylic acids is 3. The van der Waals surface area contributed by atoms with Crippen LogP contribution in [-0.4, -0.2) is 106 Å². The number of alkyl halides is 2. The van der Waals surface area contributed by atoms with Gasteiger partial charge in [-0.15, -0.1) is 0 Å². The number of rotatable bonds is 9. The summed E-state index contributed by atoms with van der Waals surface area (Å²) >= 11 is 0. The third kappa shape index (κ3) is 7.51. The molecule has 4 amide bonds. The molecule has 1 aromatic heterocycles. The predicted molar refractivity (Wildman–Crippen MR) is 206 cm³/mol. The maximum Gasteiger partial charge on any atom is 0.408 e. The molecular formula is C40H53F2N5O9S. The fourth-order valence-corrected chi connectivity index (χ4v) is 9.70. The second kappa shape index (κ2) is 15.0. The van der Waals surface area contributed by atoms with Crippen molar-refractivity contribution >= 4 is 44.6 Å². The number of carboxylic acid groups (broad SMARTS) is 1. The van der Waals surface area contributed by atoms with Gasteiger partial charge in [0.25, 0.3) is 5.91 Å². The van der Waals surface area contributed by atoms with Gasteiger partial charge in [0.15, 0.2) is 11.6 Å². The van der Waals surface area contributed by atoms with Crippen molar-refractivity contribution in [2.75, 3.05) is 13.7 Å². The number of hydrogen-bond donors (Lipinski definition) is 3. The Balaban J connectivity index is 1.48. The van der Waals surface area contributed by atoms with Gasteiger partial charge < -0.3 is 24.8 Å². The fraction of sp³-hybridized carbons (Fsp3) is 0.625. The van der Waals surface area contributed by atoms with Gasteiger partial charge in [0.1, 0.15) is 17.3 Å². The molecule has 14 nitrogen and oxygen atoms in total. The Labute approximate surface area is 331 Å². The van der Waals surface area contributed by atoms with Crippen LogP contribution in [0.3, 0.4) is 0 Å². The third-order valence-electron chi connectivity index (χ3n) is 12.4. The zero-order valence-corrected chi connectivity index (χ0v) is 34.2. The number of methoxy groups -OCH3 is 1. The molecule has 0 bridgehead atoms. The van der Waals surface area contributed by atoms with Gasteiger partial charge in [-0.1, -0.05) is 32.4 Å². The van der Waals surface area contributed by atoms with Crippen LogP contribution in [0.4, 0.5) is 13.6 Å². The molecule has 0 spiro atoms. The summed E-state index contributed by atoms with van der Waals surface area (Å²) in [6, 6.07) is 1.65. The van der Waals surface area contributed by atoms with Gasteiger partial charge in [0.2, 0.25) is 27.7 Å². The summed E-state index contributed by atoms with van der Waals surface area (Å²) in [6.07, 6.45) is 5.85. The van der Waals surface area contributed by atoms with Crippen LogP contribution in [0, 0.1) is 17.8 Å². The quantitative estimate of drug-likeness (QED) is 0.282. The average Bonchev–Trinajstić information content (AvgIpc) is 4.04. The minimum absolute atomic E-state index is 0.0419. The highest BCUT2D eigenvalue weighted by Gasteiger charge is 2.72. The molecule has 3 heterocycles. The van der Waals surface area contributed by atoms with Crippen LogP contribution in [0.25, 0.3) is 10.8 Å². The number of allylic oxidation sites excluding steroid dienone is 1. The maximum atomic E-state index is 17.5. The number of ether oxygens (including phenoxy) is 2. The molecule has 6 rings (SSSR count). The Morgan fingerprint density at radius 1 is 1.18 bits per heavy atom. The van der Waals surface area contributed by atoms with Crippen LogP contribution in [0.5, 0.6) is 11.6 Å². The first-order valence-corrected chi connectivity index (χ1v) is 21.0. The number of halogens is 2. The molecule has 312 valence electrons. The van der Waals surface area contributed by atoms with Crippen molar-refractivity contribution in [1.29, 1.82) is 0 Å². The van der Waals surface area contributed by atoms with Crippen LogP contribution >= 0.6 is 0 Å². The molecule has 2 saturated carbocycles. The van der Waals surface area contributed by atoms with E-state index >= 15 is 13.6 Å². The summed E-state index contributed by atoms with van der Waals surface area (Å²) in [4.78, 5) is 62.5. The number of aromatic nitrogens is 1. The topological polar surface area (TPSA) is 185 Å². The van der Waals surface area contributed by atoms with Crippen LogP contribution in [0.2, 0.25) is 0 Å². The number of nitrogens with zero attached hydrogens (tertiary/aromatic N) is 3. The number of benzene rings is 1. The first-order chi connectivity index (χ1) is 26.6. The van der Waals surface area contributed by atoms with E-state index in [1.54, 1.807) is 51.1 Å². The third-order valence-corrected chi connectivity index (χ3v) is 14.6. The van der Waals surface area contributed by atoms with Gasteiger partial charge in [-0.3, -0.25) is 24.0 Å². The molecule has 1 aromatic carbocycles. The van der Waals surface area contributed by atoms with Crippen LogP contribution < -0.4 is 19.5 Å². The van der Waals surface area contributed by atoms with Crippen molar-refractivity contribution in [3.05, 3.63) is 42.6 Å². The van der Waals surface area contributed by atoms with E-state index in [0.29, 0.717) is 59.9 Å². The molecule has 7 atom stereocenters. The van der Waals surface area contributed by atoms with E-state index < -0.39 is 92.2 Å². The highest BCUT2D eigenvalue weighted by atomic mass is 32.2. The minimum Gasteiger partial charge on any atom is -0.497 e. The van der Waals surface area contributed by atoms with Gasteiger partial charge >= 0.3 is 12.0 Å². The standard InChI is InChI=1S/C40H53F2N5O9S/c1-8-25-19-24(4)11-9-10-12-27-21-39(27,35(50)45-57(53,54)37(5)16-17-37)44-32(48)31-40(41,42)38(6,22-46(31)34(49)30(25)47(23(2)3)36(51)52)56-33-29-14-13-28(55-7)20-26(29)15-18-43-33/h10,12-15,18,20,23-25,27,30-31H,8-9,11,16-17,19,21-22H2,1-7H3,(H,44,48)(H,45,50)(H,51,52)/b12-10-/t24-,25+,27+,30-,31-,38+,39+/m0/s1. The first-order valence-electron chi connectivity index (χ1n) is 19.5. The van der Waals surface area contributed by atoms with E-state index in [4.69, 9.17) is 9.47 Å². The van der Waals surface area contributed by atoms with Crippen molar-refractivity contribution in [2.45, 2.75) is 126 Å². The lowest BCUT2D eigenvalue weighted by Crippen LogP contribution is -2.63. The molecule has 57 heavy (non-hydrogen) atoms. The molecule has 1 saturated heterocycles. The zero-order chi connectivity index (χ0) is 41.9. The van der Waals surface area contributed by atoms with E-state index in [9.17, 15) is 27.9 Å². The van der Waals surface area contributed by atoms with Crippen molar-refractivity contribution in [3.8, 4) is 11.6 Å². The number of hydrogen-bond acceptors (Lipinski definition) is 9. The molecular weight excluding hydrogens is 765 g/mol. The number of pyridine rings is 1. The van der Waals surface area contributed by atoms with Crippen LogP contribution in [-0.2, 0) is 24.4 Å². The highest BCUT2D eigenvalue weighted by Crippen LogP contribution is 2.50. The SMILES string of the molecule is CC[C@@H]1C[C@@H](C)CC/C=C\[C@@H]2C[C@@]2(C(=O)NS(=O)(=O)C2(C)CC2)NC(=O)[C@@H]2N(C[C@@](C)(Oc3nccc4cc(OC)ccc34)C2(F)F)C(=O)[C@H]1N(C(=O)O)C(C)C. The number of nitrogens with one attached hydrogen (secondary N) is 2. The lowest BCUT2D eigenvalue weighted by atomic mass is 9.83. The lowest BCUT2D eigenvalue weighted by Gasteiger charge is -2.40. The Morgan fingerprint density at radius 3 is 2.49 bits per heavy atom. The summed E-state index contributed by atoms with van der Waals surface area (Å²) in [5, 5.41) is 13.9. The summed E-state index contributed by atoms with van der Waals surface area (Å²) in [5.74, 6) is -8.80. The van der Waals surface area contributed by atoms with Crippen LogP contribution in [0.15, 0.2) is 42.6 Å². The Morgan fingerprint density at radius 2 is 1.88 bits per heavy atom. The first kappa shape index (κ1) is 42.1. The van der Waals surface area contributed by atoms with Gasteiger partial charge in [0.05, 0.1) is 18.4 Å². The number of amides is 4. The summed E-state index contributed by atoms with van der Waals surface area (Å²) in [7, 11) is -2.71. The van der Waals surface area contributed by atoms with E-state index in [-0.39, 0.29) is 18.2 Å². The minimum atomic E-state index is -4.19. The second-order valence-corrected chi connectivity index (χ2v) is 19.1. The molecule has 17 heteroatoms. The molecule has 0 unspecified atom stereocenters. The highest BCUT2D eigenvalue weighted by molar-refractivity contribution is 7.91. The average molecular weight is 818 g/mol. The van der Waals surface area contributed by atoms with E-state index in [2.05, 4.69) is 15.0 Å². The lowest BCUT2D eigenvalue weighted by molar-refractivity contribution is -0.163. The normalized spacial score (nSPS) is 31.5. The monoisotopic (exact) mass is 817 g/mol. The fourth-order valence-electron chi connectivity index (χ4n) is 8.39. The predicted octanol–water partition coefficient (Wildman–Crippen LogP) is 5.26. The molecule has 2 aliphatic heterocycles. The van der Waals surface area contributed by atoms with Crippen LogP contribution in [0.1, 0.15) is 86.5 Å². The summed E-state index contributed by atoms with van der Waals surface area (Å²) < 4.78 is 73.8. The van der Waals surface area contributed by atoms with Gasteiger partial charge in [-0.2, -0.15) is 8.78 Å². The largest absolute Gasteiger partial charge is 0.497 e. The van der Waals surface area contributed by atoms with E-state index in [1.165, 1.54) is 20.2 Å².